The van der Waals surface area contributed by atoms with Crippen LogP contribution in [0.4, 0.5) is 0 Å². The zero-order chi connectivity index (χ0) is 15.5. The van der Waals surface area contributed by atoms with Gasteiger partial charge in [-0.2, -0.15) is 0 Å². The van der Waals surface area contributed by atoms with Gasteiger partial charge in [-0.3, -0.25) is 4.79 Å². The normalized spacial score (nSPS) is 10.7. The summed E-state index contributed by atoms with van der Waals surface area (Å²) in [6.07, 6.45) is 2.79. The molecule has 0 saturated heterocycles. The second kappa shape index (κ2) is 10.2. The number of benzene rings is 1. The summed E-state index contributed by atoms with van der Waals surface area (Å²) in [5.74, 6) is -0.198. The second-order valence-corrected chi connectivity index (χ2v) is 4.88. The Balaban J connectivity index is 2.09. The van der Waals surface area contributed by atoms with Crippen molar-refractivity contribution in [1.82, 2.24) is 0 Å². The van der Waals surface area contributed by atoms with Crippen molar-refractivity contribution in [1.29, 1.82) is 0 Å². The van der Waals surface area contributed by atoms with Gasteiger partial charge < -0.3 is 19.7 Å². The Morgan fingerprint density at radius 1 is 1.10 bits per heavy atom. The van der Waals surface area contributed by atoms with Gasteiger partial charge in [0.25, 0.3) is 0 Å². The number of carbonyl (C=O) groups excluding carboxylic acids is 1. The Bertz CT molecular complexity index is 431. The molecular weight excluding hydrogens is 272 g/mol. The fourth-order valence-electron chi connectivity index (χ4n) is 1.84. The number of ketones is 1. The number of ether oxygens (including phenoxy) is 2. The Kier molecular flexibility index (Phi) is 8.47. The summed E-state index contributed by atoms with van der Waals surface area (Å²) >= 11 is 0. The number of hydrogen-bond acceptors (Lipinski definition) is 5. The number of aryl methyl sites for hydroxylation is 1. The summed E-state index contributed by atoms with van der Waals surface area (Å²) in [6.45, 7) is 3.84. The minimum absolute atomic E-state index is 0.0634. The highest BCUT2D eigenvalue weighted by Gasteiger charge is 2.04. The van der Waals surface area contributed by atoms with Crippen molar-refractivity contribution in [3.63, 3.8) is 0 Å². The van der Waals surface area contributed by atoms with E-state index in [2.05, 4.69) is 0 Å². The van der Waals surface area contributed by atoms with Gasteiger partial charge in [0.15, 0.2) is 17.3 Å². The molecule has 0 heterocycles. The van der Waals surface area contributed by atoms with Crippen molar-refractivity contribution in [3.8, 4) is 11.5 Å². The number of carbonyl (C=O) groups is 1. The van der Waals surface area contributed by atoms with Crippen molar-refractivity contribution in [3.05, 3.63) is 23.8 Å². The lowest BCUT2D eigenvalue weighted by atomic mass is 10.1. The van der Waals surface area contributed by atoms with Gasteiger partial charge in [0.05, 0.1) is 13.2 Å². The lowest BCUT2D eigenvalue weighted by Gasteiger charge is -2.05. The van der Waals surface area contributed by atoms with Gasteiger partial charge in [-0.25, -0.2) is 0 Å². The van der Waals surface area contributed by atoms with Crippen molar-refractivity contribution < 1.29 is 24.5 Å². The number of aromatic hydroxyl groups is 2. The average Bonchev–Trinajstić information content (AvgIpc) is 2.46. The molecule has 1 aromatic carbocycles. The van der Waals surface area contributed by atoms with E-state index in [0.29, 0.717) is 32.5 Å². The van der Waals surface area contributed by atoms with Crippen LogP contribution in [0.1, 0.15) is 31.7 Å². The number of phenolic OH excluding ortho intramolecular Hbond substituents is 2. The van der Waals surface area contributed by atoms with Crippen LogP contribution in [0, 0.1) is 0 Å². The largest absolute Gasteiger partial charge is 0.504 e. The summed E-state index contributed by atoms with van der Waals surface area (Å²) in [5, 5.41) is 18.6. The lowest BCUT2D eigenvalue weighted by molar-refractivity contribution is -0.124. The van der Waals surface area contributed by atoms with E-state index in [-0.39, 0.29) is 23.9 Å². The van der Waals surface area contributed by atoms with E-state index in [4.69, 9.17) is 9.47 Å². The Morgan fingerprint density at radius 2 is 1.86 bits per heavy atom. The first kappa shape index (κ1) is 17.5. The zero-order valence-corrected chi connectivity index (χ0v) is 12.5. The minimum atomic E-state index is -0.131. The van der Waals surface area contributed by atoms with Crippen molar-refractivity contribution >= 4 is 5.78 Å². The molecule has 0 radical (unpaired) electrons. The molecule has 0 atom stereocenters. The molecule has 1 rings (SSSR count). The van der Waals surface area contributed by atoms with Crippen LogP contribution in [-0.2, 0) is 20.7 Å². The SMILES string of the molecule is CCCOCCOCC(=O)CCCc1ccc(O)c(O)c1. The van der Waals surface area contributed by atoms with Crippen LogP contribution >= 0.6 is 0 Å². The molecule has 0 aliphatic carbocycles. The topological polar surface area (TPSA) is 76.0 Å². The molecule has 118 valence electrons. The molecule has 1 aromatic rings. The van der Waals surface area contributed by atoms with Crippen LogP contribution < -0.4 is 0 Å². The fourth-order valence-corrected chi connectivity index (χ4v) is 1.84. The van der Waals surface area contributed by atoms with Crippen LogP contribution in [-0.4, -0.2) is 42.4 Å². The summed E-state index contributed by atoms with van der Waals surface area (Å²) in [4.78, 5) is 11.6. The van der Waals surface area contributed by atoms with Crippen molar-refractivity contribution in [2.75, 3.05) is 26.4 Å². The van der Waals surface area contributed by atoms with Gasteiger partial charge in [-0.05, 0) is 37.0 Å². The molecule has 5 nitrogen and oxygen atoms in total. The molecule has 0 aliphatic rings. The van der Waals surface area contributed by atoms with Gasteiger partial charge in [0, 0.05) is 13.0 Å². The van der Waals surface area contributed by atoms with E-state index in [1.54, 1.807) is 6.07 Å². The molecule has 5 heteroatoms. The standard InChI is InChI=1S/C16H24O5/c1-2-8-20-9-10-21-12-14(17)5-3-4-13-6-7-15(18)16(19)11-13/h6-7,11,18-19H,2-5,8-10,12H2,1H3. The highest BCUT2D eigenvalue weighted by Crippen LogP contribution is 2.25. The van der Waals surface area contributed by atoms with Crippen molar-refractivity contribution in [2.24, 2.45) is 0 Å². The summed E-state index contributed by atoms with van der Waals surface area (Å²) in [7, 11) is 0. The van der Waals surface area contributed by atoms with Gasteiger partial charge >= 0.3 is 0 Å². The zero-order valence-electron chi connectivity index (χ0n) is 12.5. The highest BCUT2D eigenvalue weighted by molar-refractivity contribution is 5.79. The molecule has 0 aliphatic heterocycles. The van der Waals surface area contributed by atoms with Crippen LogP contribution in [0.3, 0.4) is 0 Å². The van der Waals surface area contributed by atoms with Crippen molar-refractivity contribution in [2.45, 2.75) is 32.6 Å². The Labute approximate surface area is 125 Å². The maximum atomic E-state index is 11.6. The number of phenols is 2. The van der Waals surface area contributed by atoms with Gasteiger partial charge in [0.2, 0.25) is 0 Å². The minimum Gasteiger partial charge on any atom is -0.504 e. The van der Waals surface area contributed by atoms with Crippen LogP contribution in [0.15, 0.2) is 18.2 Å². The van der Waals surface area contributed by atoms with E-state index in [1.807, 2.05) is 6.92 Å². The third kappa shape index (κ3) is 7.68. The van der Waals surface area contributed by atoms with Gasteiger partial charge in [0.1, 0.15) is 6.61 Å². The van der Waals surface area contributed by atoms with E-state index in [9.17, 15) is 15.0 Å². The van der Waals surface area contributed by atoms with E-state index >= 15 is 0 Å². The molecule has 0 amide bonds. The van der Waals surface area contributed by atoms with E-state index in [0.717, 1.165) is 18.6 Å². The molecule has 0 aromatic heterocycles. The lowest BCUT2D eigenvalue weighted by Crippen LogP contribution is -2.12. The monoisotopic (exact) mass is 296 g/mol. The summed E-state index contributed by atoms with van der Waals surface area (Å²) in [5.41, 5.74) is 0.895. The number of hydrogen-bond donors (Lipinski definition) is 2. The van der Waals surface area contributed by atoms with E-state index in [1.165, 1.54) is 12.1 Å². The molecule has 0 bridgehead atoms. The smallest absolute Gasteiger partial charge is 0.158 e. The number of rotatable bonds is 11. The van der Waals surface area contributed by atoms with Gasteiger partial charge in [-0.1, -0.05) is 13.0 Å². The molecule has 21 heavy (non-hydrogen) atoms. The quantitative estimate of drug-likeness (QED) is 0.484. The predicted octanol–water partition coefficient (Wildman–Crippen LogP) is 2.43. The van der Waals surface area contributed by atoms with Crippen LogP contribution in [0.2, 0.25) is 0 Å². The first-order chi connectivity index (χ1) is 10.1. The van der Waals surface area contributed by atoms with Crippen LogP contribution in [0.25, 0.3) is 0 Å². The molecule has 0 fully saturated rings. The molecular formula is C16H24O5. The Hall–Kier alpha value is -1.59. The molecule has 2 N–H and O–H groups in total. The van der Waals surface area contributed by atoms with E-state index < -0.39 is 0 Å². The third-order valence-corrected chi connectivity index (χ3v) is 2.94. The first-order valence-corrected chi connectivity index (χ1v) is 7.31. The first-order valence-electron chi connectivity index (χ1n) is 7.31. The van der Waals surface area contributed by atoms with Crippen LogP contribution in [0.5, 0.6) is 11.5 Å². The molecule has 0 saturated carbocycles. The third-order valence-electron chi connectivity index (χ3n) is 2.94. The van der Waals surface area contributed by atoms with Gasteiger partial charge in [-0.15, -0.1) is 0 Å². The average molecular weight is 296 g/mol. The number of Topliss-reactive ketones (excluding diaryl/α,β-unsaturated/α-hetero) is 1. The Morgan fingerprint density at radius 3 is 2.57 bits per heavy atom. The second-order valence-electron chi connectivity index (χ2n) is 4.88. The summed E-state index contributed by atoms with van der Waals surface area (Å²) in [6, 6.07) is 4.70. The maximum absolute atomic E-state index is 11.6. The molecule has 0 spiro atoms. The summed E-state index contributed by atoms with van der Waals surface area (Å²) < 4.78 is 10.5. The highest BCUT2D eigenvalue weighted by atomic mass is 16.5. The maximum Gasteiger partial charge on any atom is 0.158 e. The molecule has 0 unspecified atom stereocenters. The fraction of sp³-hybridized carbons (Fsp3) is 0.562. The predicted molar refractivity (Wildman–Crippen MR) is 79.6 cm³/mol.